The molecule has 0 fully saturated rings. The number of aromatic nitrogens is 3. The van der Waals surface area contributed by atoms with Crippen LogP contribution in [0.5, 0.6) is 0 Å². The summed E-state index contributed by atoms with van der Waals surface area (Å²) < 4.78 is 6.43. The number of furan rings is 1. The first-order valence-electron chi connectivity index (χ1n) is 13.0. The van der Waals surface area contributed by atoms with Gasteiger partial charge in [0, 0.05) is 32.8 Å². The second-order valence-electron chi connectivity index (χ2n) is 9.64. The molecule has 0 aliphatic rings. The first-order chi connectivity index (χ1) is 19.3. The van der Waals surface area contributed by atoms with Crippen LogP contribution in [0.3, 0.4) is 0 Å². The summed E-state index contributed by atoms with van der Waals surface area (Å²) in [6.07, 6.45) is 0. The molecular formula is C35H21N3O. The summed E-state index contributed by atoms with van der Waals surface area (Å²) in [6, 6.07) is 43.3. The lowest BCUT2D eigenvalue weighted by atomic mass is 9.94. The fourth-order valence-electron chi connectivity index (χ4n) is 5.51. The third-order valence-corrected chi connectivity index (χ3v) is 7.31. The van der Waals surface area contributed by atoms with Gasteiger partial charge < -0.3 is 4.42 Å². The summed E-state index contributed by atoms with van der Waals surface area (Å²) in [4.78, 5) is 14.9. The van der Waals surface area contributed by atoms with Gasteiger partial charge in [-0.15, -0.1) is 0 Å². The molecule has 8 aromatic rings. The topological polar surface area (TPSA) is 51.8 Å². The predicted octanol–water partition coefficient (Wildman–Crippen LogP) is 9.08. The minimum absolute atomic E-state index is 0.616. The van der Waals surface area contributed by atoms with E-state index in [4.69, 9.17) is 19.4 Å². The summed E-state index contributed by atoms with van der Waals surface area (Å²) in [5.41, 5.74) is 4.48. The molecule has 0 radical (unpaired) electrons. The minimum atomic E-state index is 0.616. The second-order valence-corrected chi connectivity index (χ2v) is 9.64. The molecule has 6 aromatic carbocycles. The molecule has 0 amide bonds. The number of nitrogens with zero attached hydrogens (tertiary/aromatic N) is 3. The van der Waals surface area contributed by atoms with Gasteiger partial charge in [0.05, 0.1) is 0 Å². The van der Waals surface area contributed by atoms with Gasteiger partial charge in [0.1, 0.15) is 11.2 Å². The van der Waals surface area contributed by atoms with E-state index in [0.29, 0.717) is 17.5 Å². The van der Waals surface area contributed by atoms with E-state index in [1.54, 1.807) is 0 Å². The van der Waals surface area contributed by atoms with Gasteiger partial charge in [-0.2, -0.15) is 0 Å². The lowest BCUT2D eigenvalue weighted by Crippen LogP contribution is -2.00. The highest BCUT2D eigenvalue weighted by Crippen LogP contribution is 2.42. The number of hydrogen-bond donors (Lipinski definition) is 0. The van der Waals surface area contributed by atoms with E-state index in [1.165, 1.54) is 10.8 Å². The summed E-state index contributed by atoms with van der Waals surface area (Å²) in [7, 11) is 0. The Labute approximate surface area is 224 Å². The fourth-order valence-corrected chi connectivity index (χ4v) is 5.51. The fraction of sp³-hybridized carbons (Fsp3) is 0. The maximum atomic E-state index is 6.43. The van der Waals surface area contributed by atoms with Gasteiger partial charge in [-0.3, -0.25) is 0 Å². The van der Waals surface area contributed by atoms with Crippen molar-refractivity contribution in [3.8, 4) is 34.2 Å². The Balaban J connectivity index is 1.51. The molecule has 0 saturated heterocycles. The van der Waals surface area contributed by atoms with Crippen molar-refractivity contribution in [2.45, 2.75) is 0 Å². The average molecular weight is 500 g/mol. The van der Waals surface area contributed by atoms with E-state index < -0.39 is 0 Å². The monoisotopic (exact) mass is 499 g/mol. The SMILES string of the molecule is c1ccc(-c2nc(-c3ccccc3)nc(-c3cc4oc5ccccc5c4c4c3ccc3ccccc34)n2)cc1. The molecule has 0 spiro atoms. The van der Waals surface area contributed by atoms with Crippen LogP contribution < -0.4 is 0 Å². The smallest absolute Gasteiger partial charge is 0.164 e. The van der Waals surface area contributed by atoms with Gasteiger partial charge in [-0.05, 0) is 28.3 Å². The van der Waals surface area contributed by atoms with Crippen LogP contribution in [0.4, 0.5) is 0 Å². The molecule has 39 heavy (non-hydrogen) atoms. The highest BCUT2D eigenvalue weighted by Gasteiger charge is 2.20. The molecule has 8 rings (SSSR count). The molecule has 4 nitrogen and oxygen atoms in total. The van der Waals surface area contributed by atoms with Crippen molar-refractivity contribution in [1.29, 1.82) is 0 Å². The van der Waals surface area contributed by atoms with Crippen molar-refractivity contribution in [3.05, 3.63) is 127 Å². The molecule has 4 heteroatoms. The zero-order chi connectivity index (χ0) is 25.8. The Hall–Kier alpha value is -5.35. The van der Waals surface area contributed by atoms with Crippen LogP contribution in [0.25, 0.3) is 77.6 Å². The molecule has 0 aliphatic heterocycles. The van der Waals surface area contributed by atoms with E-state index in [9.17, 15) is 0 Å². The maximum Gasteiger partial charge on any atom is 0.164 e. The van der Waals surface area contributed by atoms with Crippen molar-refractivity contribution in [1.82, 2.24) is 15.0 Å². The molecule has 0 aliphatic carbocycles. The van der Waals surface area contributed by atoms with Gasteiger partial charge in [-0.1, -0.05) is 115 Å². The van der Waals surface area contributed by atoms with Crippen LogP contribution in [0.15, 0.2) is 132 Å². The second kappa shape index (κ2) is 8.61. The zero-order valence-electron chi connectivity index (χ0n) is 20.9. The predicted molar refractivity (Wildman–Crippen MR) is 158 cm³/mol. The number of hydrogen-bond acceptors (Lipinski definition) is 4. The maximum absolute atomic E-state index is 6.43. The van der Waals surface area contributed by atoms with Crippen molar-refractivity contribution >= 4 is 43.5 Å². The summed E-state index contributed by atoms with van der Waals surface area (Å²) >= 11 is 0. The third kappa shape index (κ3) is 3.50. The summed E-state index contributed by atoms with van der Waals surface area (Å²) in [5, 5.41) is 6.80. The van der Waals surface area contributed by atoms with Crippen LogP contribution in [0, 0.1) is 0 Å². The lowest BCUT2D eigenvalue weighted by Gasteiger charge is -2.12. The van der Waals surface area contributed by atoms with Crippen LogP contribution in [0.2, 0.25) is 0 Å². The Bertz CT molecular complexity index is 2110. The molecular weight excluding hydrogens is 478 g/mol. The third-order valence-electron chi connectivity index (χ3n) is 7.31. The van der Waals surface area contributed by atoms with Gasteiger partial charge in [0.15, 0.2) is 17.5 Å². The Morgan fingerprint density at radius 3 is 1.72 bits per heavy atom. The Morgan fingerprint density at radius 1 is 0.410 bits per heavy atom. The molecule has 182 valence electrons. The van der Waals surface area contributed by atoms with E-state index in [2.05, 4.69) is 54.6 Å². The van der Waals surface area contributed by atoms with E-state index in [0.717, 1.165) is 49.4 Å². The van der Waals surface area contributed by atoms with Gasteiger partial charge in [0.2, 0.25) is 0 Å². The van der Waals surface area contributed by atoms with Crippen LogP contribution in [0.1, 0.15) is 0 Å². The van der Waals surface area contributed by atoms with Gasteiger partial charge in [-0.25, -0.2) is 15.0 Å². The quantitative estimate of drug-likeness (QED) is 0.228. The molecule has 0 unspecified atom stereocenters. The van der Waals surface area contributed by atoms with Crippen LogP contribution in [-0.4, -0.2) is 15.0 Å². The van der Waals surface area contributed by atoms with Gasteiger partial charge in [0.25, 0.3) is 0 Å². The highest BCUT2D eigenvalue weighted by atomic mass is 16.3. The molecule has 0 N–H and O–H groups in total. The number of fused-ring (bicyclic) bond motifs is 7. The summed E-state index contributed by atoms with van der Waals surface area (Å²) in [6.45, 7) is 0. The molecule has 2 aromatic heterocycles. The first-order valence-corrected chi connectivity index (χ1v) is 13.0. The lowest BCUT2D eigenvalue weighted by molar-refractivity contribution is 0.669. The molecule has 2 heterocycles. The summed E-state index contributed by atoms with van der Waals surface area (Å²) in [5.74, 6) is 1.89. The van der Waals surface area contributed by atoms with E-state index in [1.807, 2.05) is 72.8 Å². The highest BCUT2D eigenvalue weighted by molar-refractivity contribution is 6.29. The minimum Gasteiger partial charge on any atom is -0.456 e. The van der Waals surface area contributed by atoms with Crippen molar-refractivity contribution in [2.75, 3.05) is 0 Å². The normalized spacial score (nSPS) is 11.6. The molecule has 0 bridgehead atoms. The largest absolute Gasteiger partial charge is 0.456 e. The Kier molecular flexibility index (Phi) is 4.79. The van der Waals surface area contributed by atoms with E-state index >= 15 is 0 Å². The Morgan fingerprint density at radius 2 is 1.00 bits per heavy atom. The zero-order valence-corrected chi connectivity index (χ0v) is 20.9. The average Bonchev–Trinajstić information content (AvgIpc) is 3.39. The number of rotatable bonds is 3. The number of benzene rings is 6. The standard InChI is InChI=1S/C35H21N3O/c1-3-12-23(13-4-1)33-36-34(24-14-5-2-6-15-24)38-35(37-33)28-21-30-32(27-17-9-10-18-29(27)39-30)31-25-16-8-7-11-22(25)19-20-26(28)31/h1-21H. The van der Waals surface area contributed by atoms with Crippen molar-refractivity contribution in [2.24, 2.45) is 0 Å². The van der Waals surface area contributed by atoms with Crippen LogP contribution in [-0.2, 0) is 0 Å². The number of para-hydroxylation sites is 1. The van der Waals surface area contributed by atoms with Gasteiger partial charge >= 0.3 is 0 Å². The molecule has 0 saturated carbocycles. The van der Waals surface area contributed by atoms with E-state index in [-0.39, 0.29) is 0 Å². The van der Waals surface area contributed by atoms with Crippen molar-refractivity contribution < 1.29 is 4.42 Å². The van der Waals surface area contributed by atoms with Crippen LogP contribution >= 0.6 is 0 Å². The molecule has 0 atom stereocenters. The first kappa shape index (κ1) is 21.7. The van der Waals surface area contributed by atoms with Crippen molar-refractivity contribution in [3.63, 3.8) is 0 Å².